The van der Waals surface area contributed by atoms with Crippen molar-refractivity contribution < 1.29 is 17.7 Å². The molecule has 0 bridgehead atoms. The van der Waals surface area contributed by atoms with Gasteiger partial charge in [0, 0.05) is 12.3 Å². The first-order valence-electron chi connectivity index (χ1n) is 6.50. The van der Waals surface area contributed by atoms with E-state index in [1.807, 2.05) is 31.2 Å². The maximum Gasteiger partial charge on any atom is 0.319 e. The summed E-state index contributed by atoms with van der Waals surface area (Å²) >= 11 is 0. The molecule has 1 aromatic carbocycles. The van der Waals surface area contributed by atoms with Crippen LogP contribution in [0.5, 0.6) is 5.75 Å². The van der Waals surface area contributed by atoms with Gasteiger partial charge in [-0.2, -0.15) is 8.42 Å². The molecule has 0 atom stereocenters. The highest BCUT2D eigenvalue weighted by molar-refractivity contribution is 8.69. The molecule has 114 valence electrons. The van der Waals surface area contributed by atoms with E-state index in [1.54, 1.807) is 0 Å². The minimum atomic E-state index is -3.90. The molecule has 1 rings (SSSR count). The molecule has 1 aromatic rings. The fourth-order valence-electron chi connectivity index (χ4n) is 1.60. The molecule has 0 heterocycles. The number of para-hydroxylation sites is 1. The van der Waals surface area contributed by atoms with Crippen molar-refractivity contribution in [1.82, 2.24) is 5.32 Å². The first kappa shape index (κ1) is 17.3. The molecule has 0 aromatic heterocycles. The van der Waals surface area contributed by atoms with Gasteiger partial charge < -0.3 is 10.1 Å². The summed E-state index contributed by atoms with van der Waals surface area (Å²) in [4.78, 5) is 0. The van der Waals surface area contributed by atoms with E-state index in [2.05, 4.69) is 5.32 Å². The average molecular weight is 319 g/mol. The molecule has 0 aliphatic rings. The van der Waals surface area contributed by atoms with Crippen LogP contribution in [-0.2, 0) is 9.15 Å². The fourth-order valence-corrected chi connectivity index (χ4v) is 2.92. The van der Waals surface area contributed by atoms with E-state index in [0.717, 1.165) is 30.7 Å². The lowest BCUT2D eigenvalue weighted by Crippen LogP contribution is -2.19. The second-order valence-corrected chi connectivity index (χ2v) is 7.79. The van der Waals surface area contributed by atoms with Crippen molar-refractivity contribution in [3.05, 3.63) is 29.8 Å². The van der Waals surface area contributed by atoms with Crippen molar-refractivity contribution in [3.63, 3.8) is 0 Å². The maximum atomic E-state index is 10.4. The molecule has 7 heteroatoms. The normalized spacial score (nSPS) is 11.5. The number of hydrogen-bond donors (Lipinski definition) is 2. The van der Waals surface area contributed by atoms with Crippen LogP contribution < -0.4 is 10.1 Å². The molecular formula is C13H21NO4S2. The van der Waals surface area contributed by atoms with Gasteiger partial charge in [-0.15, -0.1) is 0 Å². The Morgan fingerprint density at radius 1 is 1.25 bits per heavy atom. The standard InChI is InChI=1S/C13H21NO4S2/c1-12-6-2-3-7-13(12)18-10-5-4-8-14-9-11-19-20(15,16)17/h2-3,6-7,14H,4-5,8-11H2,1H3,(H,15,16,17). The lowest BCUT2D eigenvalue weighted by molar-refractivity contribution is 0.304. The van der Waals surface area contributed by atoms with E-state index in [9.17, 15) is 8.42 Å². The Labute approximate surface area is 124 Å². The maximum absolute atomic E-state index is 10.4. The van der Waals surface area contributed by atoms with Crippen LogP contribution in [0.1, 0.15) is 18.4 Å². The van der Waals surface area contributed by atoms with E-state index in [4.69, 9.17) is 9.29 Å². The molecule has 0 aliphatic carbocycles. The third kappa shape index (κ3) is 8.42. The second-order valence-electron chi connectivity index (χ2n) is 4.32. The van der Waals surface area contributed by atoms with Gasteiger partial charge in [-0.05, 0) is 48.7 Å². The first-order valence-corrected chi connectivity index (χ1v) is 9.44. The van der Waals surface area contributed by atoms with E-state index in [1.165, 1.54) is 0 Å². The summed E-state index contributed by atoms with van der Waals surface area (Å²) in [6, 6.07) is 7.91. The highest BCUT2D eigenvalue weighted by Gasteiger charge is 2.03. The Morgan fingerprint density at radius 2 is 2.00 bits per heavy atom. The van der Waals surface area contributed by atoms with Gasteiger partial charge in [-0.3, -0.25) is 4.55 Å². The molecular weight excluding hydrogens is 298 g/mol. The van der Waals surface area contributed by atoms with Gasteiger partial charge in [0.2, 0.25) is 0 Å². The summed E-state index contributed by atoms with van der Waals surface area (Å²) in [6.45, 7) is 4.06. The molecule has 0 aliphatic heterocycles. The van der Waals surface area contributed by atoms with Crippen LogP contribution in [0.2, 0.25) is 0 Å². The molecule has 20 heavy (non-hydrogen) atoms. The van der Waals surface area contributed by atoms with E-state index >= 15 is 0 Å². The second kappa shape index (κ2) is 9.23. The third-order valence-electron chi connectivity index (χ3n) is 2.61. The van der Waals surface area contributed by atoms with Gasteiger partial charge in [-0.1, -0.05) is 18.2 Å². The van der Waals surface area contributed by atoms with Crippen molar-refractivity contribution in [2.24, 2.45) is 0 Å². The monoisotopic (exact) mass is 319 g/mol. The van der Waals surface area contributed by atoms with E-state index < -0.39 is 9.15 Å². The predicted molar refractivity (Wildman–Crippen MR) is 82.8 cm³/mol. The van der Waals surface area contributed by atoms with Crippen molar-refractivity contribution in [2.45, 2.75) is 19.8 Å². The lowest BCUT2D eigenvalue weighted by Gasteiger charge is -2.08. The van der Waals surface area contributed by atoms with Crippen LogP contribution in [0, 0.1) is 6.92 Å². The Balaban J connectivity index is 1.97. The minimum Gasteiger partial charge on any atom is -0.493 e. The third-order valence-corrected chi connectivity index (χ3v) is 4.67. The molecule has 0 unspecified atom stereocenters. The van der Waals surface area contributed by atoms with E-state index in [0.29, 0.717) is 29.7 Å². The van der Waals surface area contributed by atoms with Gasteiger partial charge in [-0.25, -0.2) is 0 Å². The van der Waals surface area contributed by atoms with Gasteiger partial charge in [0.25, 0.3) is 0 Å². The van der Waals surface area contributed by atoms with Crippen LogP contribution in [0.3, 0.4) is 0 Å². The SMILES string of the molecule is Cc1ccccc1OCCCCNCCSS(=O)(=O)O. The molecule has 0 saturated carbocycles. The number of rotatable bonds is 10. The summed E-state index contributed by atoms with van der Waals surface area (Å²) in [5.74, 6) is 1.27. The zero-order valence-electron chi connectivity index (χ0n) is 11.5. The number of aryl methyl sites for hydroxylation is 1. The number of unbranched alkanes of at least 4 members (excludes halogenated alkanes) is 1. The Hall–Kier alpha value is -0.760. The molecule has 0 fully saturated rings. The largest absolute Gasteiger partial charge is 0.493 e. The van der Waals surface area contributed by atoms with Crippen molar-refractivity contribution in [1.29, 1.82) is 0 Å². The fraction of sp³-hybridized carbons (Fsp3) is 0.538. The average Bonchev–Trinajstić information content (AvgIpc) is 2.37. The lowest BCUT2D eigenvalue weighted by atomic mass is 10.2. The van der Waals surface area contributed by atoms with Crippen molar-refractivity contribution in [3.8, 4) is 5.75 Å². The van der Waals surface area contributed by atoms with Crippen molar-refractivity contribution >= 4 is 19.9 Å². The summed E-state index contributed by atoms with van der Waals surface area (Å²) < 4.78 is 35.1. The van der Waals surface area contributed by atoms with Gasteiger partial charge in [0.1, 0.15) is 5.75 Å². The Morgan fingerprint density at radius 3 is 2.70 bits per heavy atom. The van der Waals surface area contributed by atoms with Crippen LogP contribution in [0.25, 0.3) is 0 Å². The van der Waals surface area contributed by atoms with Crippen molar-refractivity contribution in [2.75, 3.05) is 25.4 Å². The molecule has 0 saturated heterocycles. The molecule has 5 nitrogen and oxygen atoms in total. The van der Waals surface area contributed by atoms with E-state index in [-0.39, 0.29) is 0 Å². The molecule has 0 amide bonds. The summed E-state index contributed by atoms with van der Waals surface area (Å²) in [6.07, 6.45) is 1.90. The number of benzene rings is 1. The first-order chi connectivity index (χ1) is 9.49. The highest BCUT2D eigenvalue weighted by Crippen LogP contribution is 2.16. The van der Waals surface area contributed by atoms with Gasteiger partial charge in [0.05, 0.1) is 6.61 Å². The van der Waals surface area contributed by atoms with Crippen LogP contribution in [0.4, 0.5) is 0 Å². The molecule has 2 N–H and O–H groups in total. The zero-order chi connectivity index (χ0) is 14.8. The highest BCUT2D eigenvalue weighted by atomic mass is 33.1. The van der Waals surface area contributed by atoms with Crippen LogP contribution in [0.15, 0.2) is 24.3 Å². The van der Waals surface area contributed by atoms with Crippen LogP contribution in [-0.4, -0.2) is 38.4 Å². The number of hydrogen-bond acceptors (Lipinski definition) is 5. The molecule has 0 spiro atoms. The summed E-state index contributed by atoms with van der Waals surface area (Å²) in [5.41, 5.74) is 1.13. The smallest absolute Gasteiger partial charge is 0.319 e. The predicted octanol–water partition coefficient (Wildman–Crippen LogP) is 2.28. The quantitative estimate of drug-likeness (QED) is 0.391. The Kier molecular flexibility index (Phi) is 7.98. The topological polar surface area (TPSA) is 75.6 Å². The van der Waals surface area contributed by atoms with Gasteiger partial charge in [0.15, 0.2) is 0 Å². The molecule has 0 radical (unpaired) electrons. The number of nitrogens with one attached hydrogen (secondary N) is 1. The van der Waals surface area contributed by atoms with Gasteiger partial charge >= 0.3 is 9.15 Å². The minimum absolute atomic E-state index is 0.346. The van der Waals surface area contributed by atoms with Crippen LogP contribution >= 0.6 is 10.8 Å². The summed E-state index contributed by atoms with van der Waals surface area (Å²) in [5, 5.41) is 3.12. The number of ether oxygens (including phenoxy) is 1. The Bertz CT molecular complexity index is 491. The zero-order valence-corrected chi connectivity index (χ0v) is 13.2. The summed E-state index contributed by atoms with van der Waals surface area (Å²) in [7, 11) is -3.36.